The van der Waals surface area contributed by atoms with Gasteiger partial charge in [-0.3, -0.25) is 9.36 Å². The number of halogens is 3. The van der Waals surface area contributed by atoms with Crippen LogP contribution >= 0.6 is 0 Å². The average Bonchev–Trinajstić information content (AvgIpc) is 2.57. The van der Waals surface area contributed by atoms with E-state index in [9.17, 15) is 22.8 Å². The topological polar surface area (TPSA) is 79.7 Å². The van der Waals surface area contributed by atoms with Gasteiger partial charge < -0.3 is 14.2 Å². The normalized spacial score (nSPS) is 11.4. The molecule has 2 aromatic rings. The van der Waals surface area contributed by atoms with E-state index in [0.717, 1.165) is 4.57 Å². The first-order valence-corrected chi connectivity index (χ1v) is 7.04. The van der Waals surface area contributed by atoms with Crippen LogP contribution in [0.5, 0.6) is 11.5 Å². The van der Waals surface area contributed by atoms with Crippen molar-refractivity contribution >= 4 is 16.9 Å². The fourth-order valence-corrected chi connectivity index (χ4v) is 2.41. The summed E-state index contributed by atoms with van der Waals surface area (Å²) < 4.78 is 55.6. The van der Waals surface area contributed by atoms with E-state index in [1.807, 2.05) is 0 Å². The van der Waals surface area contributed by atoms with Crippen molar-refractivity contribution in [3.63, 3.8) is 0 Å². The van der Waals surface area contributed by atoms with Crippen molar-refractivity contribution in [1.82, 2.24) is 9.55 Å². The first-order valence-electron chi connectivity index (χ1n) is 7.04. The van der Waals surface area contributed by atoms with Crippen molar-refractivity contribution in [2.75, 3.05) is 21.3 Å². The van der Waals surface area contributed by atoms with Gasteiger partial charge in [0.15, 0.2) is 17.2 Å². The van der Waals surface area contributed by atoms with Gasteiger partial charge >= 0.3 is 17.8 Å². The number of benzene rings is 1. The number of hydrogen-bond donors (Lipinski definition) is 0. The summed E-state index contributed by atoms with van der Waals surface area (Å²) in [4.78, 5) is 26.5. The number of methoxy groups -OCH3 is 3. The van der Waals surface area contributed by atoms with Gasteiger partial charge in [-0.05, 0) is 12.1 Å². The minimum atomic E-state index is -4.88. The molecule has 2 rings (SSSR count). The Morgan fingerprint density at radius 1 is 1.20 bits per heavy atom. The maximum absolute atomic E-state index is 13.4. The van der Waals surface area contributed by atoms with Gasteiger partial charge in [-0.2, -0.15) is 18.2 Å². The molecule has 1 heterocycles. The van der Waals surface area contributed by atoms with E-state index >= 15 is 0 Å². The van der Waals surface area contributed by atoms with Crippen LogP contribution in [0.4, 0.5) is 13.2 Å². The summed E-state index contributed by atoms with van der Waals surface area (Å²) in [6.07, 6.45) is -5.08. The van der Waals surface area contributed by atoms with Crippen LogP contribution in [0.15, 0.2) is 16.9 Å². The molecule has 10 heteroatoms. The first kappa shape index (κ1) is 18.6. The lowest BCUT2D eigenvalue weighted by Gasteiger charge is -2.17. The van der Waals surface area contributed by atoms with Crippen LogP contribution in [0.25, 0.3) is 10.9 Å². The molecule has 7 nitrogen and oxygen atoms in total. The Labute approximate surface area is 139 Å². The smallest absolute Gasteiger partial charge is 0.434 e. The van der Waals surface area contributed by atoms with Crippen LogP contribution in [0.2, 0.25) is 0 Å². The van der Waals surface area contributed by atoms with Gasteiger partial charge in [-0.1, -0.05) is 0 Å². The van der Waals surface area contributed by atoms with Crippen molar-refractivity contribution in [3.8, 4) is 11.5 Å². The second-order valence-corrected chi connectivity index (χ2v) is 4.91. The van der Waals surface area contributed by atoms with Gasteiger partial charge in [0.05, 0.1) is 38.7 Å². The molecule has 0 atom stereocenters. The number of rotatable bonds is 5. The average molecular weight is 360 g/mol. The molecular formula is C15H15F3N2O5. The molecule has 0 unspecified atom stereocenters. The van der Waals surface area contributed by atoms with Crippen LogP contribution in [0.3, 0.4) is 0 Å². The molecule has 25 heavy (non-hydrogen) atoms. The standard InChI is InChI=1S/C15H15F3N2O5/c1-23-9-5-4-8-11(12(9)25-3)13(15(16,17)18)19-14(22)20(8)7-6-10(21)24-2/h4-5H,6-7H2,1-3H3. The molecule has 0 aliphatic rings. The monoisotopic (exact) mass is 360 g/mol. The fourth-order valence-electron chi connectivity index (χ4n) is 2.41. The van der Waals surface area contributed by atoms with E-state index in [2.05, 4.69) is 9.72 Å². The zero-order valence-corrected chi connectivity index (χ0v) is 13.6. The summed E-state index contributed by atoms with van der Waals surface area (Å²) in [5.74, 6) is -0.757. The predicted octanol–water partition coefficient (Wildman–Crippen LogP) is 2.00. The highest BCUT2D eigenvalue weighted by Gasteiger charge is 2.38. The Balaban J connectivity index is 2.83. The molecule has 0 saturated heterocycles. The number of esters is 1. The first-order chi connectivity index (χ1) is 11.7. The maximum Gasteiger partial charge on any atom is 0.434 e. The Bertz CT molecular complexity index is 861. The number of carbonyl (C=O) groups excluding carboxylic acids is 1. The Hall–Kier alpha value is -2.78. The zero-order valence-electron chi connectivity index (χ0n) is 13.6. The number of aromatic nitrogens is 2. The van der Waals surface area contributed by atoms with E-state index < -0.39 is 28.9 Å². The lowest BCUT2D eigenvalue weighted by molar-refractivity contribution is -0.141. The molecule has 0 aliphatic carbocycles. The van der Waals surface area contributed by atoms with Gasteiger partial charge in [-0.25, -0.2) is 4.79 Å². The van der Waals surface area contributed by atoms with Crippen molar-refractivity contribution < 1.29 is 32.2 Å². The number of carbonyl (C=O) groups is 1. The lowest BCUT2D eigenvalue weighted by atomic mass is 10.1. The number of alkyl halides is 3. The maximum atomic E-state index is 13.4. The molecule has 0 amide bonds. The van der Waals surface area contributed by atoms with E-state index in [0.29, 0.717) is 0 Å². The van der Waals surface area contributed by atoms with Crippen LogP contribution in [-0.4, -0.2) is 36.8 Å². The third-order valence-corrected chi connectivity index (χ3v) is 3.53. The molecule has 0 fully saturated rings. The van der Waals surface area contributed by atoms with Crippen molar-refractivity contribution in [2.24, 2.45) is 0 Å². The zero-order chi connectivity index (χ0) is 18.8. The molecule has 0 saturated carbocycles. The van der Waals surface area contributed by atoms with Gasteiger partial charge in [0, 0.05) is 6.54 Å². The Morgan fingerprint density at radius 3 is 2.40 bits per heavy atom. The summed E-state index contributed by atoms with van der Waals surface area (Å²) in [5.41, 5.74) is -2.58. The minimum Gasteiger partial charge on any atom is -0.493 e. The summed E-state index contributed by atoms with van der Waals surface area (Å²) in [5, 5.41) is -0.418. The van der Waals surface area contributed by atoms with Gasteiger partial charge in [0.2, 0.25) is 0 Å². The summed E-state index contributed by atoms with van der Waals surface area (Å²) in [6, 6.07) is 2.65. The second kappa shape index (κ2) is 6.99. The predicted molar refractivity (Wildman–Crippen MR) is 80.7 cm³/mol. The van der Waals surface area contributed by atoms with Crippen molar-refractivity contribution in [1.29, 1.82) is 0 Å². The number of aryl methyl sites for hydroxylation is 1. The number of nitrogens with zero attached hydrogens (tertiary/aromatic N) is 2. The molecule has 0 bridgehead atoms. The second-order valence-electron chi connectivity index (χ2n) is 4.91. The van der Waals surface area contributed by atoms with Crippen LogP contribution in [0.1, 0.15) is 12.1 Å². The number of fused-ring (bicyclic) bond motifs is 1. The van der Waals surface area contributed by atoms with Crippen LogP contribution in [-0.2, 0) is 22.3 Å². The van der Waals surface area contributed by atoms with Crippen molar-refractivity contribution in [3.05, 3.63) is 28.3 Å². The third-order valence-electron chi connectivity index (χ3n) is 3.53. The SMILES string of the molecule is COC(=O)CCn1c(=O)nc(C(F)(F)F)c2c(OC)c(OC)ccc21. The molecule has 0 N–H and O–H groups in total. The third kappa shape index (κ3) is 3.52. The highest BCUT2D eigenvalue weighted by molar-refractivity contribution is 5.90. The molecular weight excluding hydrogens is 345 g/mol. The summed E-state index contributed by atoms with van der Waals surface area (Å²) in [7, 11) is 3.63. The minimum absolute atomic E-state index is 0.0560. The Morgan fingerprint density at radius 2 is 1.88 bits per heavy atom. The molecule has 0 spiro atoms. The molecule has 1 aromatic heterocycles. The molecule has 136 valence electrons. The summed E-state index contributed by atoms with van der Waals surface area (Å²) >= 11 is 0. The molecule has 1 aromatic carbocycles. The fraction of sp³-hybridized carbons (Fsp3) is 0.400. The Kier molecular flexibility index (Phi) is 5.19. The van der Waals surface area contributed by atoms with Gasteiger partial charge in [0.1, 0.15) is 0 Å². The number of hydrogen-bond acceptors (Lipinski definition) is 6. The quantitative estimate of drug-likeness (QED) is 0.759. The molecule has 0 aliphatic heterocycles. The molecule has 0 radical (unpaired) electrons. The highest BCUT2D eigenvalue weighted by atomic mass is 19.4. The van der Waals surface area contributed by atoms with E-state index in [1.165, 1.54) is 33.5 Å². The van der Waals surface area contributed by atoms with E-state index in [-0.39, 0.29) is 30.0 Å². The summed E-state index contributed by atoms with van der Waals surface area (Å²) in [6.45, 7) is -0.192. The van der Waals surface area contributed by atoms with E-state index in [1.54, 1.807) is 0 Å². The van der Waals surface area contributed by atoms with Gasteiger partial charge in [-0.15, -0.1) is 0 Å². The van der Waals surface area contributed by atoms with Crippen LogP contribution in [0, 0.1) is 0 Å². The largest absolute Gasteiger partial charge is 0.493 e. The van der Waals surface area contributed by atoms with Crippen molar-refractivity contribution in [2.45, 2.75) is 19.1 Å². The highest BCUT2D eigenvalue weighted by Crippen LogP contribution is 2.41. The van der Waals surface area contributed by atoms with Gasteiger partial charge in [0.25, 0.3) is 0 Å². The van der Waals surface area contributed by atoms with E-state index in [4.69, 9.17) is 9.47 Å². The lowest BCUT2D eigenvalue weighted by Crippen LogP contribution is -2.28. The van der Waals surface area contributed by atoms with Crippen LogP contribution < -0.4 is 15.2 Å². The number of ether oxygens (including phenoxy) is 3.